The maximum Gasteiger partial charge on any atom is 0.313 e. The van der Waals surface area contributed by atoms with Crippen molar-refractivity contribution in [1.29, 1.82) is 0 Å². The lowest BCUT2D eigenvalue weighted by molar-refractivity contribution is -0.384. The van der Waals surface area contributed by atoms with E-state index in [1.165, 1.54) is 17.8 Å². The molecule has 0 aliphatic carbocycles. The van der Waals surface area contributed by atoms with E-state index in [1.54, 1.807) is 18.2 Å². The molecule has 0 spiro atoms. The second-order valence-electron chi connectivity index (χ2n) is 4.25. The van der Waals surface area contributed by atoms with Crippen LogP contribution in [0.4, 0.5) is 11.4 Å². The Balaban J connectivity index is 2.23. The number of hydrogen-bond acceptors (Lipinski definition) is 6. The topological polar surface area (TPSA) is 122 Å². The van der Waals surface area contributed by atoms with Gasteiger partial charge in [-0.05, 0) is 6.07 Å². The van der Waals surface area contributed by atoms with Crippen LogP contribution >= 0.6 is 11.8 Å². The number of carbonyl (C=O) groups is 2. The molecule has 0 saturated carbocycles. The van der Waals surface area contributed by atoms with Crippen molar-refractivity contribution in [2.45, 2.75) is 6.42 Å². The van der Waals surface area contributed by atoms with Gasteiger partial charge in [-0.3, -0.25) is 19.7 Å². The smallest absolute Gasteiger partial charge is 0.313 e. The highest BCUT2D eigenvalue weighted by Crippen LogP contribution is 2.22. The zero-order chi connectivity index (χ0) is 16.4. The van der Waals surface area contributed by atoms with Crippen molar-refractivity contribution in [3.63, 3.8) is 0 Å². The van der Waals surface area contributed by atoms with Crippen LogP contribution in [0.3, 0.4) is 0 Å². The lowest BCUT2D eigenvalue weighted by Crippen LogP contribution is -2.27. The number of nitrogens with one attached hydrogen (secondary N) is 2. The molecule has 0 aromatic heterocycles. The molecular weight excluding hydrogens is 310 g/mol. The Bertz CT molecular complexity index is 538. The number of nitro groups is 1. The van der Waals surface area contributed by atoms with Crippen molar-refractivity contribution in [2.24, 2.45) is 0 Å². The molecule has 1 aromatic rings. The summed E-state index contributed by atoms with van der Waals surface area (Å²) in [5, 5.41) is 24.8. The summed E-state index contributed by atoms with van der Waals surface area (Å²) in [7, 11) is 0. The van der Waals surface area contributed by atoms with E-state index in [1.807, 2.05) is 0 Å². The van der Waals surface area contributed by atoms with Crippen LogP contribution in [0.25, 0.3) is 0 Å². The third kappa shape index (κ3) is 6.93. The Morgan fingerprint density at radius 1 is 1.27 bits per heavy atom. The predicted octanol–water partition coefficient (Wildman–Crippen LogP) is 1.33. The molecule has 22 heavy (non-hydrogen) atoms. The zero-order valence-electron chi connectivity index (χ0n) is 11.8. The number of rotatable bonds is 10. The number of nitrogens with zero attached hydrogens (tertiary/aromatic N) is 1. The van der Waals surface area contributed by atoms with E-state index in [4.69, 9.17) is 5.11 Å². The summed E-state index contributed by atoms with van der Waals surface area (Å²) in [5.41, 5.74) is 0.338. The fourth-order valence-corrected chi connectivity index (χ4v) is 2.17. The van der Waals surface area contributed by atoms with Crippen molar-refractivity contribution in [3.05, 3.63) is 34.4 Å². The molecule has 0 radical (unpaired) electrons. The number of carboxylic acids is 1. The van der Waals surface area contributed by atoms with Gasteiger partial charge in [-0.1, -0.05) is 12.1 Å². The van der Waals surface area contributed by atoms with E-state index in [0.29, 0.717) is 18.0 Å². The van der Waals surface area contributed by atoms with Crippen molar-refractivity contribution < 1.29 is 19.6 Å². The van der Waals surface area contributed by atoms with Gasteiger partial charge in [-0.2, -0.15) is 0 Å². The molecule has 8 nitrogen and oxygen atoms in total. The number of para-hydroxylation sites is 2. The summed E-state index contributed by atoms with van der Waals surface area (Å²) < 4.78 is 0. The number of hydrogen-bond donors (Lipinski definition) is 3. The van der Waals surface area contributed by atoms with Crippen LogP contribution in [0.5, 0.6) is 0 Å². The molecule has 1 aromatic carbocycles. The van der Waals surface area contributed by atoms with Gasteiger partial charge in [0.2, 0.25) is 5.91 Å². The molecule has 120 valence electrons. The average molecular weight is 327 g/mol. The summed E-state index contributed by atoms with van der Waals surface area (Å²) >= 11 is 1.22. The summed E-state index contributed by atoms with van der Waals surface area (Å²) in [6, 6.07) is 6.22. The highest BCUT2D eigenvalue weighted by Gasteiger charge is 2.11. The molecular formula is C13H17N3O5S. The van der Waals surface area contributed by atoms with Gasteiger partial charge < -0.3 is 15.7 Å². The fraction of sp³-hybridized carbons (Fsp3) is 0.385. The van der Waals surface area contributed by atoms with E-state index in [-0.39, 0.29) is 30.3 Å². The Kier molecular flexibility index (Phi) is 7.76. The Hall–Kier alpha value is -2.29. The minimum absolute atomic E-state index is 0.00903. The molecule has 9 heteroatoms. The molecule has 0 saturated heterocycles. The minimum Gasteiger partial charge on any atom is -0.481 e. The lowest BCUT2D eigenvalue weighted by atomic mass is 10.2. The van der Waals surface area contributed by atoms with E-state index >= 15 is 0 Å². The number of amides is 1. The van der Waals surface area contributed by atoms with Crippen molar-refractivity contribution >= 4 is 35.0 Å². The van der Waals surface area contributed by atoms with E-state index < -0.39 is 10.9 Å². The molecule has 1 rings (SSSR count). The number of anilines is 1. The molecule has 0 atom stereocenters. The van der Waals surface area contributed by atoms with Gasteiger partial charge in [0, 0.05) is 31.3 Å². The first-order valence-electron chi connectivity index (χ1n) is 6.54. The first kappa shape index (κ1) is 17.8. The largest absolute Gasteiger partial charge is 0.481 e. The SMILES string of the molecule is O=C(O)CSCCNC(=O)CCNc1ccccc1[N+](=O)[O-]. The second-order valence-corrected chi connectivity index (χ2v) is 5.35. The standard InChI is InChI=1S/C13H17N3O5S/c17-12(15-7-8-22-9-13(18)19)5-6-14-10-3-1-2-4-11(10)16(20)21/h1-4,14H,5-9H2,(H,15,17)(H,18,19). The maximum atomic E-state index is 11.5. The molecule has 0 fully saturated rings. The Morgan fingerprint density at radius 3 is 2.68 bits per heavy atom. The van der Waals surface area contributed by atoms with E-state index in [2.05, 4.69) is 10.6 Å². The van der Waals surface area contributed by atoms with Crippen LogP contribution in [-0.2, 0) is 9.59 Å². The third-order valence-electron chi connectivity index (χ3n) is 2.56. The predicted molar refractivity (Wildman–Crippen MR) is 84.2 cm³/mol. The normalized spacial score (nSPS) is 10.0. The quantitative estimate of drug-likeness (QED) is 0.337. The average Bonchev–Trinajstić information content (AvgIpc) is 2.47. The molecule has 0 aliphatic rings. The number of thioether (sulfide) groups is 1. The summed E-state index contributed by atoms with van der Waals surface area (Å²) in [6.45, 7) is 0.668. The number of carboxylic acid groups (broad SMARTS) is 1. The monoisotopic (exact) mass is 327 g/mol. The molecule has 0 heterocycles. The van der Waals surface area contributed by atoms with Gasteiger partial charge in [0.1, 0.15) is 5.69 Å². The second kappa shape index (κ2) is 9.61. The van der Waals surface area contributed by atoms with E-state index in [0.717, 1.165) is 0 Å². The highest BCUT2D eigenvalue weighted by atomic mass is 32.2. The van der Waals surface area contributed by atoms with Gasteiger partial charge in [-0.15, -0.1) is 11.8 Å². The zero-order valence-corrected chi connectivity index (χ0v) is 12.6. The van der Waals surface area contributed by atoms with Crippen molar-refractivity contribution in [1.82, 2.24) is 5.32 Å². The first-order chi connectivity index (χ1) is 10.5. The highest BCUT2D eigenvalue weighted by molar-refractivity contribution is 7.99. The van der Waals surface area contributed by atoms with Crippen LogP contribution < -0.4 is 10.6 Å². The number of nitro benzene ring substituents is 1. The van der Waals surface area contributed by atoms with Gasteiger partial charge >= 0.3 is 5.97 Å². The van der Waals surface area contributed by atoms with Crippen molar-refractivity contribution in [2.75, 3.05) is 29.9 Å². The van der Waals surface area contributed by atoms with Crippen LogP contribution in [0.2, 0.25) is 0 Å². The van der Waals surface area contributed by atoms with Crippen LogP contribution in [0.15, 0.2) is 24.3 Å². The maximum absolute atomic E-state index is 11.5. The summed E-state index contributed by atoms with van der Waals surface area (Å²) in [4.78, 5) is 32.1. The third-order valence-corrected chi connectivity index (χ3v) is 3.51. The summed E-state index contributed by atoms with van der Waals surface area (Å²) in [6.07, 6.45) is 0.176. The Labute approximate surface area is 131 Å². The minimum atomic E-state index is -0.884. The summed E-state index contributed by atoms with van der Waals surface area (Å²) in [5.74, 6) is -0.544. The van der Waals surface area contributed by atoms with Gasteiger partial charge in [-0.25, -0.2) is 0 Å². The lowest BCUT2D eigenvalue weighted by Gasteiger charge is -2.07. The Morgan fingerprint density at radius 2 is 2.00 bits per heavy atom. The van der Waals surface area contributed by atoms with Crippen LogP contribution in [0.1, 0.15) is 6.42 Å². The van der Waals surface area contributed by atoms with Gasteiger partial charge in [0.25, 0.3) is 5.69 Å². The first-order valence-corrected chi connectivity index (χ1v) is 7.69. The van der Waals surface area contributed by atoms with Gasteiger partial charge in [0.05, 0.1) is 10.7 Å². The fourth-order valence-electron chi connectivity index (χ4n) is 1.60. The van der Waals surface area contributed by atoms with Crippen LogP contribution in [0, 0.1) is 10.1 Å². The van der Waals surface area contributed by atoms with Gasteiger partial charge in [0.15, 0.2) is 0 Å². The number of benzene rings is 1. The molecule has 1 amide bonds. The molecule has 0 bridgehead atoms. The van der Waals surface area contributed by atoms with E-state index in [9.17, 15) is 19.7 Å². The molecule has 0 unspecified atom stereocenters. The number of aliphatic carboxylic acids is 1. The van der Waals surface area contributed by atoms with Crippen molar-refractivity contribution in [3.8, 4) is 0 Å². The number of carbonyl (C=O) groups excluding carboxylic acids is 1. The molecule has 0 aliphatic heterocycles. The van der Waals surface area contributed by atoms with Crippen LogP contribution in [-0.4, -0.2) is 46.5 Å². The molecule has 3 N–H and O–H groups in total.